The first-order chi connectivity index (χ1) is 3.46. The first-order valence-corrected chi connectivity index (χ1v) is 4.05. The Hall–Kier alpha value is 0.704. The summed E-state index contributed by atoms with van der Waals surface area (Å²) in [6.07, 6.45) is 0. The van der Waals surface area contributed by atoms with E-state index >= 15 is 0 Å². The van der Waals surface area contributed by atoms with E-state index in [2.05, 4.69) is 18.4 Å². The molecular formula is CH7NO4STi. The van der Waals surface area contributed by atoms with Gasteiger partial charge < -0.3 is 5.11 Å². The molecule has 0 bridgehead atoms. The molecule has 5 nitrogen and oxygen atoms in total. The van der Waals surface area contributed by atoms with E-state index in [0.717, 1.165) is 0 Å². The normalized spacial score (nSPS) is 11.1. The summed E-state index contributed by atoms with van der Waals surface area (Å²) in [4.78, 5) is 0. The fourth-order valence-electron chi connectivity index (χ4n) is 0. The van der Waals surface area contributed by atoms with Gasteiger partial charge in [0.2, 0.25) is 0 Å². The molecule has 7 heteroatoms. The van der Waals surface area contributed by atoms with Crippen LogP contribution in [0, 0.1) is 0 Å². The van der Waals surface area contributed by atoms with Crippen LogP contribution in [-0.2, 0) is 21.9 Å². The maximum absolute atomic E-state index is 8.81. The van der Waals surface area contributed by atoms with Gasteiger partial charge in [-0.1, -0.05) is 0 Å². The van der Waals surface area contributed by atoms with Gasteiger partial charge in [0.25, 0.3) is 0 Å². The number of aliphatic hydroxyl groups excluding tert-OH is 1. The molecule has 0 fully saturated rings. The molecule has 0 amide bonds. The van der Waals surface area contributed by atoms with Gasteiger partial charge in [0.05, 0.1) is 0 Å². The predicted octanol–water partition coefficient (Wildman–Crippen LogP) is -2.08. The monoisotopic (exact) mass is 177 g/mol. The molecule has 0 aromatic heterocycles. The molecule has 0 aromatic carbocycles. The molecule has 0 saturated heterocycles. The number of hydrogen-bond acceptors (Lipinski definition) is 4. The molecule has 50 valence electrons. The predicted molar refractivity (Wildman–Crippen MR) is 24.3 cm³/mol. The van der Waals surface area contributed by atoms with E-state index in [9.17, 15) is 0 Å². The average molecular weight is 177 g/mol. The minimum atomic E-state index is -3.58. The van der Waals surface area contributed by atoms with Crippen molar-refractivity contribution in [3.05, 3.63) is 0 Å². The van der Waals surface area contributed by atoms with Crippen molar-refractivity contribution in [2.75, 3.05) is 0 Å². The Balaban J connectivity index is 0. The Kier molecular flexibility index (Phi) is 11.1. The molecule has 0 aromatic rings. The van der Waals surface area contributed by atoms with Gasteiger partial charge in [0.15, 0.2) is 0 Å². The summed E-state index contributed by atoms with van der Waals surface area (Å²) < 4.78 is 23.2. The van der Waals surface area contributed by atoms with Gasteiger partial charge in [-0.05, 0) is 0 Å². The third-order valence-corrected chi connectivity index (χ3v) is 0. The van der Waals surface area contributed by atoms with Crippen molar-refractivity contribution in [3.8, 4) is 0 Å². The van der Waals surface area contributed by atoms with Crippen LogP contribution in [0.25, 0.3) is 0 Å². The summed E-state index contributed by atoms with van der Waals surface area (Å²) in [6, 6.07) is 0. The standard InChI is InChI=1S/CH5NOS.2H2O.O.Ti/c2-1(3)4;;;;/h1,3-4H,2H2;2*1H2;;/q;;;;+2/p-2. The number of nitrogens with two attached hydrogens (primary N) is 1. The molecule has 0 aliphatic heterocycles. The number of thiol groups is 1. The molecule has 0 spiro atoms. The molecule has 8 heavy (non-hydrogen) atoms. The second kappa shape index (κ2) is 7.70. The van der Waals surface area contributed by atoms with Crippen LogP contribution in [0.1, 0.15) is 0 Å². The van der Waals surface area contributed by atoms with E-state index in [4.69, 9.17) is 15.8 Å². The zero-order chi connectivity index (χ0) is 7.15. The average Bonchev–Trinajstić information content (AvgIpc) is 1.25. The second-order valence-corrected chi connectivity index (χ2v) is 2.11. The summed E-state index contributed by atoms with van der Waals surface area (Å²) in [5.41, 5.74) is 3.56. The quantitative estimate of drug-likeness (QED) is 0.166. The van der Waals surface area contributed by atoms with Crippen LogP contribution in [0.5, 0.6) is 0 Å². The molecule has 0 radical (unpaired) electrons. The summed E-state index contributed by atoms with van der Waals surface area (Å²) in [7, 11) is 0. The van der Waals surface area contributed by atoms with Crippen molar-refractivity contribution in [1.82, 2.24) is 0 Å². The van der Waals surface area contributed by atoms with Gasteiger partial charge in [0, 0.05) is 0 Å². The molecule has 0 heterocycles. The molecular weight excluding hydrogens is 170 g/mol. The first-order valence-electron chi connectivity index (χ1n) is 1.50. The fraction of sp³-hybridized carbons (Fsp3) is 1.00. The topological polar surface area (TPSA) is 104 Å². The van der Waals surface area contributed by atoms with Crippen molar-refractivity contribution in [2.24, 2.45) is 5.73 Å². The summed E-state index contributed by atoms with van der Waals surface area (Å²) >= 11 is -0.284. The van der Waals surface area contributed by atoms with Gasteiger partial charge in [-0.2, -0.15) is 0 Å². The van der Waals surface area contributed by atoms with Crippen LogP contribution in [-0.4, -0.2) is 18.0 Å². The van der Waals surface area contributed by atoms with Crippen molar-refractivity contribution in [1.29, 1.82) is 0 Å². The third-order valence-electron chi connectivity index (χ3n) is 0. The van der Waals surface area contributed by atoms with Crippen LogP contribution in [0.4, 0.5) is 0 Å². The zero-order valence-corrected chi connectivity index (χ0v) is 6.31. The van der Waals surface area contributed by atoms with Gasteiger partial charge in [-0.3, -0.25) is 5.73 Å². The van der Waals surface area contributed by atoms with Crippen LogP contribution in [0.3, 0.4) is 0 Å². The van der Waals surface area contributed by atoms with E-state index in [0.29, 0.717) is 0 Å². The van der Waals surface area contributed by atoms with Gasteiger partial charge in [0.1, 0.15) is 5.56 Å². The Labute approximate surface area is 58.6 Å². The Bertz CT molecular complexity index is 60.3. The van der Waals surface area contributed by atoms with E-state index in [-0.39, 0.29) is 0 Å². The van der Waals surface area contributed by atoms with Crippen LogP contribution in [0.2, 0.25) is 0 Å². The van der Waals surface area contributed by atoms with E-state index in [1.54, 1.807) is 0 Å². The van der Waals surface area contributed by atoms with Crippen molar-refractivity contribution < 1.29 is 34.4 Å². The molecule has 1 unspecified atom stereocenters. The Morgan fingerprint density at radius 2 is 1.62 bits per heavy atom. The summed E-state index contributed by atoms with van der Waals surface area (Å²) in [5.74, 6) is 0. The van der Waals surface area contributed by atoms with Gasteiger partial charge in [-0.25, -0.2) is 0 Å². The zero-order valence-electron chi connectivity index (χ0n) is 3.85. The molecule has 0 rings (SSSR count). The maximum atomic E-state index is 8.81. The van der Waals surface area contributed by atoms with Crippen molar-refractivity contribution >= 4 is 12.6 Å². The van der Waals surface area contributed by atoms with E-state index in [1.165, 1.54) is 0 Å². The van der Waals surface area contributed by atoms with Crippen LogP contribution < -0.4 is 5.73 Å². The minimum absolute atomic E-state index is 0.972. The number of hydrogen-bond donors (Lipinski definition) is 5. The van der Waals surface area contributed by atoms with Crippen LogP contribution >= 0.6 is 12.6 Å². The number of aliphatic hydroxyl groups is 1. The molecule has 0 saturated carbocycles. The Morgan fingerprint density at radius 1 is 1.62 bits per heavy atom. The number of rotatable bonds is 0. The van der Waals surface area contributed by atoms with Gasteiger partial charge in [-0.15, -0.1) is 12.6 Å². The molecule has 0 aliphatic rings. The third kappa shape index (κ3) is 440. The van der Waals surface area contributed by atoms with Crippen molar-refractivity contribution in [2.45, 2.75) is 5.56 Å². The second-order valence-electron chi connectivity index (χ2n) is 0.696. The van der Waals surface area contributed by atoms with Crippen LogP contribution in [0.15, 0.2) is 0 Å². The van der Waals surface area contributed by atoms with Gasteiger partial charge >= 0.3 is 29.3 Å². The molecule has 5 N–H and O–H groups in total. The van der Waals surface area contributed by atoms with E-state index in [1.807, 2.05) is 0 Å². The fourth-order valence-corrected chi connectivity index (χ4v) is 0. The molecule has 0 aliphatic carbocycles. The first kappa shape index (κ1) is 11.5. The summed E-state index contributed by atoms with van der Waals surface area (Å²) in [5, 5.41) is 7.70. The summed E-state index contributed by atoms with van der Waals surface area (Å²) in [6.45, 7) is 0. The Morgan fingerprint density at radius 3 is 1.62 bits per heavy atom. The van der Waals surface area contributed by atoms with Crippen molar-refractivity contribution in [3.63, 3.8) is 0 Å². The molecule has 1 atom stereocenters. The van der Waals surface area contributed by atoms with E-state index < -0.39 is 24.2 Å². The SMILES string of the molecule is NC(O)S.[O]=[Ti]([OH])[OH].